The SMILES string of the molecule is CCCCCCCCCCCCn1cc[n+](CCCC)c1.O=C[O-]. The van der Waals surface area contributed by atoms with Gasteiger partial charge in [0.15, 0.2) is 0 Å². The lowest BCUT2D eigenvalue weighted by Crippen LogP contribution is -2.30. The van der Waals surface area contributed by atoms with Gasteiger partial charge in [-0.25, -0.2) is 9.13 Å². The molecule has 24 heavy (non-hydrogen) atoms. The van der Waals surface area contributed by atoms with E-state index in [0.29, 0.717) is 0 Å². The second-order valence-electron chi connectivity index (χ2n) is 6.52. The molecule has 0 fully saturated rings. The van der Waals surface area contributed by atoms with Gasteiger partial charge in [0.1, 0.15) is 12.4 Å². The molecule has 0 aliphatic carbocycles. The Bertz CT molecular complexity index is 377. The van der Waals surface area contributed by atoms with Crippen LogP contribution in [0, 0.1) is 0 Å². The number of imidazole rings is 1. The molecule has 1 aromatic rings. The van der Waals surface area contributed by atoms with Crippen LogP contribution in [0.25, 0.3) is 0 Å². The van der Waals surface area contributed by atoms with Crippen molar-refractivity contribution >= 4 is 6.47 Å². The fourth-order valence-corrected chi connectivity index (χ4v) is 2.83. The number of aromatic nitrogens is 2. The molecule has 0 saturated heterocycles. The summed E-state index contributed by atoms with van der Waals surface area (Å²) in [4.78, 5) is 8.25. The average molecular weight is 339 g/mol. The zero-order valence-electron chi connectivity index (χ0n) is 15.9. The highest BCUT2D eigenvalue weighted by Gasteiger charge is 2.02. The van der Waals surface area contributed by atoms with Crippen molar-refractivity contribution in [2.75, 3.05) is 0 Å². The molecule has 1 rings (SSSR count). The van der Waals surface area contributed by atoms with Crippen LogP contribution in [0.1, 0.15) is 90.9 Å². The highest BCUT2D eigenvalue weighted by atomic mass is 16.3. The molecule has 0 spiro atoms. The number of carbonyl (C=O) groups is 1. The molecule has 0 aliphatic rings. The van der Waals surface area contributed by atoms with E-state index in [1.54, 1.807) is 0 Å². The van der Waals surface area contributed by atoms with Crippen LogP contribution in [-0.2, 0) is 17.9 Å². The van der Waals surface area contributed by atoms with Crippen LogP contribution in [0.4, 0.5) is 0 Å². The minimum absolute atomic E-state index is 0.500. The van der Waals surface area contributed by atoms with Crippen LogP contribution in [0.15, 0.2) is 18.7 Å². The number of nitrogens with zero attached hydrogens (tertiary/aromatic N) is 2. The van der Waals surface area contributed by atoms with E-state index in [-0.39, 0.29) is 0 Å². The highest BCUT2D eigenvalue weighted by molar-refractivity contribution is 5.29. The minimum Gasteiger partial charge on any atom is -0.554 e. The molecule has 0 radical (unpaired) electrons. The van der Waals surface area contributed by atoms with Crippen LogP contribution in [0.5, 0.6) is 0 Å². The molecule has 4 heteroatoms. The van der Waals surface area contributed by atoms with Crippen LogP contribution in [0.2, 0.25) is 0 Å². The standard InChI is InChI=1S/C19H37N2.CH2O2/c1-3-5-7-8-9-10-11-12-13-14-16-21-18-17-20(19-21)15-6-4-2;2-1-3/h17-19H,3-16H2,1-2H3;1H,(H,2,3)/q+1;/p-1. The van der Waals surface area contributed by atoms with E-state index in [4.69, 9.17) is 9.90 Å². The van der Waals surface area contributed by atoms with Gasteiger partial charge in [0.25, 0.3) is 0 Å². The van der Waals surface area contributed by atoms with Crippen molar-refractivity contribution in [1.29, 1.82) is 0 Å². The highest BCUT2D eigenvalue weighted by Crippen LogP contribution is 2.10. The van der Waals surface area contributed by atoms with Crippen molar-refractivity contribution < 1.29 is 14.5 Å². The molecule has 0 saturated carbocycles. The van der Waals surface area contributed by atoms with Crippen molar-refractivity contribution in [2.45, 2.75) is 104 Å². The predicted molar refractivity (Wildman–Crippen MR) is 97.4 cm³/mol. The first-order chi connectivity index (χ1) is 11.8. The van der Waals surface area contributed by atoms with E-state index in [9.17, 15) is 0 Å². The first-order valence-electron chi connectivity index (χ1n) is 9.88. The Labute approximate surface area is 148 Å². The van der Waals surface area contributed by atoms with E-state index < -0.39 is 6.47 Å². The summed E-state index contributed by atoms with van der Waals surface area (Å²) in [5.74, 6) is 0. The second kappa shape index (κ2) is 18.0. The van der Waals surface area contributed by atoms with Gasteiger partial charge in [-0.15, -0.1) is 0 Å². The van der Waals surface area contributed by atoms with Crippen LogP contribution in [0.3, 0.4) is 0 Å². The van der Waals surface area contributed by atoms with Crippen molar-refractivity contribution in [3.63, 3.8) is 0 Å². The zero-order valence-corrected chi connectivity index (χ0v) is 15.9. The summed E-state index contributed by atoms with van der Waals surface area (Å²) in [7, 11) is 0. The Morgan fingerprint density at radius 1 is 0.875 bits per heavy atom. The maximum absolute atomic E-state index is 8.25. The van der Waals surface area contributed by atoms with E-state index in [1.165, 1.54) is 90.1 Å². The van der Waals surface area contributed by atoms with Gasteiger partial charge < -0.3 is 9.90 Å². The van der Waals surface area contributed by atoms with Crippen LogP contribution in [-0.4, -0.2) is 11.0 Å². The molecular weight excluding hydrogens is 300 g/mol. The molecule has 1 heterocycles. The largest absolute Gasteiger partial charge is 0.554 e. The summed E-state index contributed by atoms with van der Waals surface area (Å²) in [5.41, 5.74) is 0. The van der Waals surface area contributed by atoms with Crippen LogP contribution < -0.4 is 9.67 Å². The average Bonchev–Trinajstić information content (AvgIpc) is 3.03. The number of hydrogen-bond acceptors (Lipinski definition) is 2. The molecule has 4 nitrogen and oxygen atoms in total. The maximum atomic E-state index is 8.25. The summed E-state index contributed by atoms with van der Waals surface area (Å²) in [6.07, 6.45) is 23.4. The monoisotopic (exact) mass is 338 g/mol. The molecule has 0 unspecified atom stereocenters. The lowest BCUT2D eigenvalue weighted by atomic mass is 10.1. The topological polar surface area (TPSA) is 48.9 Å². The maximum Gasteiger partial charge on any atom is 0.243 e. The Hall–Kier alpha value is -1.32. The first-order valence-corrected chi connectivity index (χ1v) is 9.88. The van der Waals surface area contributed by atoms with Gasteiger partial charge >= 0.3 is 0 Å². The predicted octanol–water partition coefficient (Wildman–Crippen LogP) is 3.86. The van der Waals surface area contributed by atoms with Gasteiger partial charge in [-0.05, 0) is 19.3 Å². The molecule has 0 aliphatic heterocycles. The van der Waals surface area contributed by atoms with Gasteiger partial charge in [-0.3, -0.25) is 0 Å². The van der Waals surface area contributed by atoms with Gasteiger partial charge in [-0.2, -0.15) is 0 Å². The molecule has 0 N–H and O–H groups in total. The lowest BCUT2D eigenvalue weighted by molar-refractivity contribution is -0.696. The Kier molecular flexibility index (Phi) is 17.0. The van der Waals surface area contributed by atoms with E-state index in [1.807, 2.05) is 0 Å². The summed E-state index contributed by atoms with van der Waals surface area (Å²) < 4.78 is 4.67. The number of hydrogen-bond donors (Lipinski definition) is 0. The molecule has 0 bridgehead atoms. The van der Waals surface area contributed by atoms with Crippen molar-refractivity contribution in [2.24, 2.45) is 0 Å². The fraction of sp³-hybridized carbons (Fsp3) is 0.800. The van der Waals surface area contributed by atoms with Crippen molar-refractivity contribution in [3.05, 3.63) is 18.7 Å². The molecular formula is C20H38N2O2. The summed E-state index contributed by atoms with van der Waals surface area (Å²) in [5, 5.41) is 8.25. The Morgan fingerprint density at radius 2 is 1.38 bits per heavy atom. The third-order valence-electron chi connectivity index (χ3n) is 4.29. The number of unbranched alkanes of at least 4 members (excludes halogenated alkanes) is 10. The number of carbonyl (C=O) groups excluding carboxylic acids is 1. The van der Waals surface area contributed by atoms with Gasteiger partial charge in [0.05, 0.1) is 13.1 Å². The van der Waals surface area contributed by atoms with Crippen molar-refractivity contribution in [1.82, 2.24) is 4.57 Å². The smallest absolute Gasteiger partial charge is 0.243 e. The van der Waals surface area contributed by atoms with Gasteiger partial charge in [-0.1, -0.05) is 71.6 Å². The summed E-state index contributed by atoms with van der Waals surface area (Å²) in [6.45, 7) is 6.40. The molecule has 0 amide bonds. The lowest BCUT2D eigenvalue weighted by Gasteiger charge is -2.01. The van der Waals surface area contributed by atoms with E-state index >= 15 is 0 Å². The Balaban J connectivity index is 0.00000163. The fourth-order valence-electron chi connectivity index (χ4n) is 2.83. The molecule has 140 valence electrons. The molecule has 1 aromatic heterocycles. The zero-order chi connectivity index (χ0) is 17.9. The third-order valence-corrected chi connectivity index (χ3v) is 4.29. The van der Waals surface area contributed by atoms with Crippen LogP contribution >= 0.6 is 0 Å². The third kappa shape index (κ3) is 14.3. The number of rotatable bonds is 14. The quantitative estimate of drug-likeness (QED) is 0.294. The van der Waals surface area contributed by atoms with E-state index in [0.717, 1.165) is 0 Å². The van der Waals surface area contributed by atoms with Gasteiger partial charge in [0, 0.05) is 6.47 Å². The Morgan fingerprint density at radius 3 is 1.92 bits per heavy atom. The summed E-state index contributed by atoms with van der Waals surface area (Å²) >= 11 is 0. The summed E-state index contributed by atoms with van der Waals surface area (Å²) in [6, 6.07) is 0. The van der Waals surface area contributed by atoms with E-state index in [2.05, 4.69) is 41.7 Å². The van der Waals surface area contributed by atoms with Gasteiger partial charge in [0.2, 0.25) is 6.33 Å². The first kappa shape index (κ1) is 22.7. The molecule has 0 atom stereocenters. The van der Waals surface area contributed by atoms with Crippen molar-refractivity contribution in [3.8, 4) is 0 Å². The molecule has 0 aromatic carbocycles. The number of aryl methyl sites for hydroxylation is 2. The normalized spacial score (nSPS) is 10.2. The number of carboxylic acid groups (broad SMARTS) is 1. The minimum atomic E-state index is -0.500. The second-order valence-corrected chi connectivity index (χ2v) is 6.52.